The summed E-state index contributed by atoms with van der Waals surface area (Å²) >= 11 is 16.3. The first-order valence-corrected chi connectivity index (χ1v) is 12.0. The molecule has 0 N–H and O–H groups in total. The molecule has 3 aromatic rings. The van der Waals surface area contributed by atoms with E-state index < -0.39 is 0 Å². The molecule has 0 aliphatic carbocycles. The largest absolute Gasteiger partial charge is 0.488 e. The average Bonchev–Trinajstić information content (AvgIpc) is 3.04. The minimum atomic E-state index is -0.384. The van der Waals surface area contributed by atoms with Crippen LogP contribution in [0.25, 0.3) is 6.08 Å². The van der Waals surface area contributed by atoms with Crippen LogP contribution in [-0.2, 0) is 17.9 Å². The van der Waals surface area contributed by atoms with Crippen molar-refractivity contribution in [1.82, 2.24) is 4.90 Å². The molecule has 33 heavy (non-hydrogen) atoms. The Kier molecular flexibility index (Phi) is 7.44. The highest BCUT2D eigenvalue weighted by Gasteiger charge is 2.35. The Morgan fingerprint density at radius 3 is 2.39 bits per heavy atom. The van der Waals surface area contributed by atoms with E-state index in [1.165, 1.54) is 12.1 Å². The van der Waals surface area contributed by atoms with Gasteiger partial charge in [0.05, 0.1) is 26.0 Å². The predicted molar refractivity (Wildman–Crippen MR) is 133 cm³/mol. The predicted octanol–water partition coefficient (Wildman–Crippen LogP) is 7.71. The number of nitrogens with zero attached hydrogens (tertiary/aromatic N) is 1. The fraction of sp³-hybridized carbons (Fsp3) is 0.0833. The van der Waals surface area contributed by atoms with Gasteiger partial charge in [0.25, 0.3) is 11.1 Å². The number of hydrogen-bond donors (Lipinski definition) is 0. The van der Waals surface area contributed by atoms with Gasteiger partial charge in [-0.05, 0) is 86.9 Å². The zero-order chi connectivity index (χ0) is 23.5. The van der Waals surface area contributed by atoms with Crippen LogP contribution >= 0.6 is 50.9 Å². The summed E-state index contributed by atoms with van der Waals surface area (Å²) in [5, 5.41) is 0.574. The minimum absolute atomic E-state index is 0.0907. The Labute approximate surface area is 212 Å². The number of rotatable bonds is 6. The van der Waals surface area contributed by atoms with E-state index in [0.717, 1.165) is 27.8 Å². The molecule has 0 bridgehead atoms. The second-order valence-corrected chi connectivity index (χ2v) is 9.78. The molecule has 0 unspecified atom stereocenters. The molecule has 1 aliphatic heterocycles. The van der Waals surface area contributed by atoms with Crippen LogP contribution in [-0.4, -0.2) is 16.0 Å². The smallest absolute Gasteiger partial charge is 0.293 e. The Morgan fingerprint density at radius 1 is 0.970 bits per heavy atom. The highest BCUT2D eigenvalue weighted by Crippen LogP contribution is 2.35. The molecule has 4 nitrogen and oxygen atoms in total. The van der Waals surface area contributed by atoms with Crippen LogP contribution in [0.5, 0.6) is 5.75 Å². The van der Waals surface area contributed by atoms with Crippen molar-refractivity contribution in [3.8, 4) is 5.75 Å². The third-order valence-electron chi connectivity index (χ3n) is 4.76. The Hall–Kier alpha value is -2.32. The van der Waals surface area contributed by atoms with Crippen LogP contribution in [0.4, 0.5) is 9.18 Å². The maximum Gasteiger partial charge on any atom is 0.293 e. The average molecular weight is 567 g/mol. The second-order valence-electron chi connectivity index (χ2n) is 7.12. The van der Waals surface area contributed by atoms with Gasteiger partial charge < -0.3 is 4.74 Å². The second kappa shape index (κ2) is 10.3. The number of imide groups is 1. The summed E-state index contributed by atoms with van der Waals surface area (Å²) in [5.41, 5.74) is 2.28. The summed E-state index contributed by atoms with van der Waals surface area (Å²) in [4.78, 5) is 26.6. The standard InChI is InChI=1S/C24H15BrCl2FNO3S/c25-18-9-15(4-8-21(18)32-13-16-3-7-19(26)20(27)10-16)11-22-23(30)29(24(31)33-22)12-14-1-5-17(28)6-2-14/h1-11H,12-13H2/b22-11-. The van der Waals surface area contributed by atoms with Crippen LogP contribution in [0, 0.1) is 5.82 Å². The van der Waals surface area contributed by atoms with Crippen molar-refractivity contribution in [2.24, 2.45) is 0 Å². The molecular formula is C24H15BrCl2FNO3S. The number of ether oxygens (including phenoxy) is 1. The van der Waals surface area contributed by atoms with Gasteiger partial charge in [-0.2, -0.15) is 0 Å². The molecule has 0 aromatic heterocycles. The van der Waals surface area contributed by atoms with E-state index in [1.54, 1.807) is 48.5 Å². The quantitative estimate of drug-likeness (QED) is 0.287. The first-order valence-electron chi connectivity index (χ1n) is 9.66. The molecule has 0 saturated carbocycles. The fourth-order valence-electron chi connectivity index (χ4n) is 3.07. The molecule has 3 aromatic carbocycles. The lowest BCUT2D eigenvalue weighted by Crippen LogP contribution is -2.27. The molecule has 2 amide bonds. The number of amides is 2. The molecule has 168 valence electrons. The summed E-state index contributed by atoms with van der Waals surface area (Å²) in [6.45, 7) is 0.393. The van der Waals surface area contributed by atoms with Crippen molar-refractivity contribution >= 4 is 68.1 Å². The number of halogens is 4. The zero-order valence-electron chi connectivity index (χ0n) is 16.9. The van der Waals surface area contributed by atoms with Gasteiger partial charge in [0.15, 0.2) is 0 Å². The van der Waals surface area contributed by atoms with Crippen LogP contribution in [0.1, 0.15) is 16.7 Å². The molecular weight excluding hydrogens is 552 g/mol. The first kappa shape index (κ1) is 23.8. The number of carbonyl (C=O) groups excluding carboxylic acids is 2. The summed E-state index contributed by atoms with van der Waals surface area (Å²) < 4.78 is 19.6. The van der Waals surface area contributed by atoms with Crippen LogP contribution in [0.2, 0.25) is 10.0 Å². The van der Waals surface area contributed by atoms with Gasteiger partial charge in [0, 0.05) is 0 Å². The number of carbonyl (C=O) groups is 2. The van der Waals surface area contributed by atoms with Crippen LogP contribution in [0.3, 0.4) is 0 Å². The van der Waals surface area contributed by atoms with Gasteiger partial charge in [-0.3, -0.25) is 14.5 Å². The molecule has 1 saturated heterocycles. The van der Waals surface area contributed by atoms with E-state index in [-0.39, 0.29) is 23.5 Å². The van der Waals surface area contributed by atoms with Crippen LogP contribution < -0.4 is 4.74 Å². The van der Waals surface area contributed by atoms with Gasteiger partial charge in [0.2, 0.25) is 0 Å². The molecule has 0 radical (unpaired) electrons. The number of hydrogen-bond acceptors (Lipinski definition) is 4. The van der Waals surface area contributed by atoms with Crippen molar-refractivity contribution in [3.05, 3.63) is 103 Å². The third-order valence-corrected chi connectivity index (χ3v) is 7.03. The SMILES string of the molecule is O=C1S/C(=C\c2ccc(OCc3ccc(Cl)c(Cl)c3)c(Br)c2)C(=O)N1Cc1ccc(F)cc1. The lowest BCUT2D eigenvalue weighted by molar-refractivity contribution is -0.123. The van der Waals surface area contributed by atoms with E-state index in [2.05, 4.69) is 15.9 Å². The van der Waals surface area contributed by atoms with Crippen LogP contribution in [0.15, 0.2) is 70.0 Å². The van der Waals surface area contributed by atoms with Gasteiger partial charge in [-0.15, -0.1) is 0 Å². The molecule has 0 spiro atoms. The van der Waals surface area contributed by atoms with Crippen molar-refractivity contribution in [2.45, 2.75) is 13.2 Å². The third kappa shape index (κ3) is 5.79. The molecule has 1 aliphatic rings. The van der Waals surface area contributed by atoms with E-state index in [0.29, 0.717) is 37.3 Å². The Balaban J connectivity index is 1.44. The lowest BCUT2D eigenvalue weighted by atomic mass is 10.2. The molecule has 4 rings (SSSR count). The Bertz CT molecular complexity index is 1270. The maximum absolute atomic E-state index is 13.1. The molecule has 1 fully saturated rings. The zero-order valence-corrected chi connectivity index (χ0v) is 20.8. The van der Waals surface area contributed by atoms with Gasteiger partial charge in [0.1, 0.15) is 18.2 Å². The van der Waals surface area contributed by atoms with Gasteiger partial charge in [-0.1, -0.05) is 47.5 Å². The number of thioether (sulfide) groups is 1. The van der Waals surface area contributed by atoms with E-state index in [4.69, 9.17) is 27.9 Å². The summed E-state index contributed by atoms with van der Waals surface area (Å²) in [6, 6.07) is 16.4. The summed E-state index contributed by atoms with van der Waals surface area (Å²) in [5.74, 6) is -0.143. The molecule has 1 heterocycles. The van der Waals surface area contributed by atoms with E-state index in [9.17, 15) is 14.0 Å². The summed E-state index contributed by atoms with van der Waals surface area (Å²) in [6.07, 6.45) is 1.66. The molecule has 9 heteroatoms. The lowest BCUT2D eigenvalue weighted by Gasteiger charge is -2.12. The Morgan fingerprint density at radius 2 is 1.70 bits per heavy atom. The fourth-order valence-corrected chi connectivity index (χ4v) is 4.74. The first-order chi connectivity index (χ1) is 15.8. The van der Waals surface area contributed by atoms with E-state index in [1.807, 2.05) is 6.07 Å². The highest BCUT2D eigenvalue weighted by atomic mass is 79.9. The number of benzene rings is 3. The van der Waals surface area contributed by atoms with Gasteiger partial charge >= 0.3 is 0 Å². The monoisotopic (exact) mass is 565 g/mol. The van der Waals surface area contributed by atoms with E-state index >= 15 is 0 Å². The highest BCUT2D eigenvalue weighted by molar-refractivity contribution is 9.10. The summed E-state index contributed by atoms with van der Waals surface area (Å²) in [7, 11) is 0. The minimum Gasteiger partial charge on any atom is -0.488 e. The van der Waals surface area contributed by atoms with Crippen molar-refractivity contribution in [3.63, 3.8) is 0 Å². The molecule has 0 atom stereocenters. The van der Waals surface area contributed by atoms with Gasteiger partial charge in [-0.25, -0.2) is 4.39 Å². The van der Waals surface area contributed by atoms with Crippen molar-refractivity contribution in [1.29, 1.82) is 0 Å². The van der Waals surface area contributed by atoms with Crippen molar-refractivity contribution in [2.75, 3.05) is 0 Å². The topological polar surface area (TPSA) is 46.6 Å². The maximum atomic E-state index is 13.1. The normalized spacial score (nSPS) is 14.9. The van der Waals surface area contributed by atoms with Crippen molar-refractivity contribution < 1.29 is 18.7 Å².